The van der Waals surface area contributed by atoms with E-state index in [0.717, 1.165) is 22.5 Å². The van der Waals surface area contributed by atoms with E-state index in [2.05, 4.69) is 25.6 Å². The normalized spacial score (nSPS) is 10.7. The van der Waals surface area contributed by atoms with Gasteiger partial charge in [0.25, 0.3) is 5.91 Å². The van der Waals surface area contributed by atoms with E-state index in [4.69, 9.17) is 0 Å². The van der Waals surface area contributed by atoms with Crippen LogP contribution in [0.15, 0.2) is 67.3 Å². The number of hydrogen-bond acceptors (Lipinski definition) is 5. The van der Waals surface area contributed by atoms with Gasteiger partial charge in [-0.1, -0.05) is 24.3 Å². The minimum Gasteiger partial charge on any atom is -0.346 e. The molecule has 4 rings (SSSR count). The van der Waals surface area contributed by atoms with Gasteiger partial charge in [0.05, 0.1) is 23.8 Å². The molecule has 134 valence electrons. The minimum atomic E-state index is -0.293. The number of para-hydroxylation sites is 1. The lowest BCUT2D eigenvalue weighted by atomic mass is 10.1. The number of nitrogens with one attached hydrogen (secondary N) is 1. The standard InChI is InChI=1S/C19H17N7O/c1-25-13-15(11-22-25)18-14(6-5-9-20-18)10-21-19(27)17-12-23-26(24-17)16-7-3-2-4-8-16/h2-9,11-13H,10H2,1H3,(H,21,27). The zero-order chi connectivity index (χ0) is 18.6. The van der Waals surface area contributed by atoms with Gasteiger partial charge in [0.1, 0.15) is 0 Å². The lowest BCUT2D eigenvalue weighted by Crippen LogP contribution is -2.23. The van der Waals surface area contributed by atoms with Crippen LogP contribution in [0.4, 0.5) is 0 Å². The largest absolute Gasteiger partial charge is 0.346 e. The first-order valence-corrected chi connectivity index (χ1v) is 8.39. The molecule has 1 N–H and O–H groups in total. The third-order valence-electron chi connectivity index (χ3n) is 4.02. The lowest BCUT2D eigenvalue weighted by Gasteiger charge is -2.07. The summed E-state index contributed by atoms with van der Waals surface area (Å²) in [6, 6.07) is 13.2. The van der Waals surface area contributed by atoms with Crippen LogP contribution in [0.3, 0.4) is 0 Å². The van der Waals surface area contributed by atoms with Crippen molar-refractivity contribution in [2.24, 2.45) is 7.05 Å². The van der Waals surface area contributed by atoms with Gasteiger partial charge < -0.3 is 5.32 Å². The highest BCUT2D eigenvalue weighted by Crippen LogP contribution is 2.20. The van der Waals surface area contributed by atoms with Crippen molar-refractivity contribution in [3.05, 3.63) is 78.5 Å². The molecule has 0 atom stereocenters. The fourth-order valence-corrected chi connectivity index (χ4v) is 2.70. The number of benzene rings is 1. The van der Waals surface area contributed by atoms with Crippen LogP contribution in [0, 0.1) is 0 Å². The van der Waals surface area contributed by atoms with Crippen molar-refractivity contribution in [1.82, 2.24) is 35.1 Å². The molecule has 0 spiro atoms. The Labute approximate surface area is 155 Å². The molecule has 3 heterocycles. The van der Waals surface area contributed by atoms with Crippen LogP contribution in [0.5, 0.6) is 0 Å². The SMILES string of the molecule is Cn1cc(-c2ncccc2CNC(=O)c2cnn(-c3ccccc3)n2)cn1. The summed E-state index contributed by atoms with van der Waals surface area (Å²) in [4.78, 5) is 18.3. The Morgan fingerprint density at radius 2 is 1.93 bits per heavy atom. The first kappa shape index (κ1) is 16.6. The van der Waals surface area contributed by atoms with Crippen molar-refractivity contribution in [3.63, 3.8) is 0 Å². The summed E-state index contributed by atoms with van der Waals surface area (Å²) in [5, 5.41) is 15.4. The molecular weight excluding hydrogens is 342 g/mol. The number of amides is 1. The summed E-state index contributed by atoms with van der Waals surface area (Å²) in [7, 11) is 1.85. The number of aromatic nitrogens is 6. The van der Waals surface area contributed by atoms with Gasteiger partial charge in [-0.05, 0) is 23.8 Å². The van der Waals surface area contributed by atoms with Crippen molar-refractivity contribution in [1.29, 1.82) is 0 Å². The molecule has 8 heteroatoms. The molecule has 0 bridgehead atoms. The van der Waals surface area contributed by atoms with Crippen molar-refractivity contribution in [3.8, 4) is 16.9 Å². The second-order valence-corrected chi connectivity index (χ2v) is 5.95. The Morgan fingerprint density at radius 3 is 2.70 bits per heavy atom. The fourth-order valence-electron chi connectivity index (χ4n) is 2.70. The number of rotatable bonds is 5. The van der Waals surface area contributed by atoms with Crippen LogP contribution in [-0.2, 0) is 13.6 Å². The summed E-state index contributed by atoms with van der Waals surface area (Å²) < 4.78 is 1.72. The highest BCUT2D eigenvalue weighted by molar-refractivity contribution is 5.91. The predicted octanol–water partition coefficient (Wildman–Crippen LogP) is 1.99. The molecule has 0 saturated carbocycles. The fraction of sp³-hybridized carbons (Fsp3) is 0.105. The highest BCUT2D eigenvalue weighted by atomic mass is 16.2. The molecule has 0 fully saturated rings. The van der Waals surface area contributed by atoms with E-state index in [1.165, 1.54) is 11.0 Å². The van der Waals surface area contributed by atoms with Crippen molar-refractivity contribution in [2.75, 3.05) is 0 Å². The van der Waals surface area contributed by atoms with Gasteiger partial charge in [-0.25, -0.2) is 0 Å². The van der Waals surface area contributed by atoms with Gasteiger partial charge in [0.2, 0.25) is 0 Å². The average Bonchev–Trinajstić information content (AvgIpc) is 3.36. The Bertz CT molecular complexity index is 1070. The van der Waals surface area contributed by atoms with Crippen LogP contribution in [0.1, 0.15) is 16.1 Å². The second-order valence-electron chi connectivity index (χ2n) is 5.95. The van der Waals surface area contributed by atoms with E-state index >= 15 is 0 Å². The molecule has 27 heavy (non-hydrogen) atoms. The molecule has 0 radical (unpaired) electrons. The quantitative estimate of drug-likeness (QED) is 0.588. The molecule has 0 aliphatic carbocycles. The summed E-state index contributed by atoms with van der Waals surface area (Å²) in [5.41, 5.74) is 3.64. The van der Waals surface area contributed by atoms with Crippen molar-refractivity contribution in [2.45, 2.75) is 6.54 Å². The summed E-state index contributed by atoms with van der Waals surface area (Å²) >= 11 is 0. The van der Waals surface area contributed by atoms with Crippen molar-refractivity contribution >= 4 is 5.91 Å². The molecule has 1 amide bonds. The van der Waals surface area contributed by atoms with Gasteiger partial charge in [-0.2, -0.15) is 15.0 Å². The Balaban J connectivity index is 1.48. The molecule has 0 aliphatic rings. The molecular formula is C19H17N7O. The number of aryl methyl sites for hydroxylation is 1. The Morgan fingerprint density at radius 1 is 1.07 bits per heavy atom. The van der Waals surface area contributed by atoms with Crippen LogP contribution >= 0.6 is 0 Å². The maximum absolute atomic E-state index is 12.5. The number of nitrogens with zero attached hydrogens (tertiary/aromatic N) is 6. The maximum atomic E-state index is 12.5. The van der Waals surface area contributed by atoms with E-state index < -0.39 is 0 Å². The maximum Gasteiger partial charge on any atom is 0.273 e. The molecule has 8 nitrogen and oxygen atoms in total. The first-order valence-electron chi connectivity index (χ1n) is 8.39. The third kappa shape index (κ3) is 3.59. The van der Waals surface area contributed by atoms with Gasteiger partial charge in [-0.3, -0.25) is 14.5 Å². The summed E-state index contributed by atoms with van der Waals surface area (Å²) in [5.74, 6) is -0.293. The second kappa shape index (κ2) is 7.20. The number of hydrogen-bond donors (Lipinski definition) is 1. The molecule has 0 unspecified atom stereocenters. The topological polar surface area (TPSA) is 90.5 Å². The van der Waals surface area contributed by atoms with Crippen LogP contribution in [-0.4, -0.2) is 35.7 Å². The number of carbonyl (C=O) groups is 1. The number of pyridine rings is 1. The summed E-state index contributed by atoms with van der Waals surface area (Å²) in [6.45, 7) is 0.328. The predicted molar refractivity (Wildman–Crippen MR) is 99.0 cm³/mol. The number of carbonyl (C=O) groups excluding carboxylic acids is 1. The molecule has 4 aromatic rings. The van der Waals surface area contributed by atoms with Gasteiger partial charge in [0, 0.05) is 31.5 Å². The van der Waals surface area contributed by atoms with E-state index in [-0.39, 0.29) is 11.6 Å². The zero-order valence-electron chi connectivity index (χ0n) is 14.6. The van der Waals surface area contributed by atoms with Gasteiger partial charge >= 0.3 is 0 Å². The highest BCUT2D eigenvalue weighted by Gasteiger charge is 2.13. The first-order chi connectivity index (χ1) is 13.2. The third-order valence-corrected chi connectivity index (χ3v) is 4.02. The van der Waals surface area contributed by atoms with E-state index in [1.54, 1.807) is 17.1 Å². The average molecular weight is 359 g/mol. The van der Waals surface area contributed by atoms with E-state index in [1.807, 2.05) is 55.7 Å². The van der Waals surface area contributed by atoms with E-state index in [0.29, 0.717) is 6.54 Å². The van der Waals surface area contributed by atoms with Crippen LogP contribution in [0.25, 0.3) is 16.9 Å². The van der Waals surface area contributed by atoms with E-state index in [9.17, 15) is 4.79 Å². The lowest BCUT2D eigenvalue weighted by molar-refractivity contribution is 0.0945. The van der Waals surface area contributed by atoms with Crippen molar-refractivity contribution < 1.29 is 4.79 Å². The molecule has 1 aromatic carbocycles. The molecule has 3 aromatic heterocycles. The van der Waals surface area contributed by atoms with Gasteiger partial charge in [-0.15, -0.1) is 5.10 Å². The van der Waals surface area contributed by atoms with Crippen LogP contribution < -0.4 is 5.32 Å². The Hall–Kier alpha value is -3.81. The minimum absolute atomic E-state index is 0.255. The Kier molecular flexibility index (Phi) is 4.44. The monoisotopic (exact) mass is 359 g/mol. The van der Waals surface area contributed by atoms with Crippen LogP contribution in [0.2, 0.25) is 0 Å². The zero-order valence-corrected chi connectivity index (χ0v) is 14.6. The molecule has 0 aliphatic heterocycles. The smallest absolute Gasteiger partial charge is 0.273 e. The van der Waals surface area contributed by atoms with Gasteiger partial charge in [0.15, 0.2) is 5.69 Å². The molecule has 0 saturated heterocycles. The summed E-state index contributed by atoms with van der Waals surface area (Å²) in [6.07, 6.45) is 6.81.